The van der Waals surface area contributed by atoms with Crippen LogP contribution < -0.4 is 5.73 Å². The lowest BCUT2D eigenvalue weighted by Crippen LogP contribution is -2.19. The van der Waals surface area contributed by atoms with Crippen LogP contribution in [-0.2, 0) is 6.42 Å². The van der Waals surface area contributed by atoms with E-state index in [1.165, 1.54) is 21.7 Å². The number of thiazole rings is 1. The number of rotatable bonds is 4. The Morgan fingerprint density at radius 3 is 2.90 bits per heavy atom. The molecule has 0 radical (unpaired) electrons. The molecule has 0 saturated carbocycles. The summed E-state index contributed by atoms with van der Waals surface area (Å²) in [5.41, 5.74) is 9.81. The predicted octanol–water partition coefficient (Wildman–Crippen LogP) is 4.05. The molecule has 1 atom stereocenters. The summed E-state index contributed by atoms with van der Waals surface area (Å²) >= 11 is 3.41. The summed E-state index contributed by atoms with van der Waals surface area (Å²) in [7, 11) is 0. The third kappa shape index (κ3) is 3.00. The molecule has 1 unspecified atom stereocenters. The second-order valence-electron chi connectivity index (χ2n) is 5.47. The summed E-state index contributed by atoms with van der Waals surface area (Å²) in [6.07, 6.45) is 2.92. The van der Waals surface area contributed by atoms with Crippen molar-refractivity contribution in [3.05, 3.63) is 46.6 Å². The molecule has 110 valence electrons. The molecule has 0 aliphatic heterocycles. The number of imidazole rings is 1. The molecule has 1 aromatic carbocycles. The third-order valence-corrected chi connectivity index (χ3v) is 5.33. The van der Waals surface area contributed by atoms with E-state index < -0.39 is 0 Å². The Bertz CT molecular complexity index is 771. The molecule has 3 aromatic rings. The average Bonchev–Trinajstić information content (AvgIpc) is 2.96. The Hall–Kier alpha value is -1.30. The third-order valence-electron chi connectivity index (χ3n) is 3.38. The Labute approximate surface area is 133 Å². The minimum atomic E-state index is 0.128. The van der Waals surface area contributed by atoms with Gasteiger partial charge in [0.1, 0.15) is 5.03 Å². The summed E-state index contributed by atoms with van der Waals surface area (Å²) in [6, 6.07) is 6.67. The minimum absolute atomic E-state index is 0.128. The molecule has 0 aliphatic rings. The van der Waals surface area contributed by atoms with Crippen molar-refractivity contribution in [3.8, 4) is 0 Å². The SMILES string of the molecule is Cc1ccc(Sc2nc3sccn3c2CC(C)N)c(C)c1. The number of nitrogens with zero attached hydrogens (tertiary/aromatic N) is 2. The zero-order valence-electron chi connectivity index (χ0n) is 12.5. The molecule has 0 aliphatic carbocycles. The van der Waals surface area contributed by atoms with Crippen LogP contribution in [0.15, 0.2) is 39.7 Å². The maximum Gasteiger partial charge on any atom is 0.194 e. The van der Waals surface area contributed by atoms with Gasteiger partial charge in [-0.15, -0.1) is 11.3 Å². The molecule has 0 fully saturated rings. The molecular weight excluding hydrogens is 298 g/mol. The first-order chi connectivity index (χ1) is 10.0. The Kier molecular flexibility index (Phi) is 4.06. The largest absolute Gasteiger partial charge is 0.328 e. The van der Waals surface area contributed by atoms with Gasteiger partial charge < -0.3 is 5.73 Å². The first-order valence-corrected chi connectivity index (χ1v) is 8.69. The van der Waals surface area contributed by atoms with Gasteiger partial charge in [-0.1, -0.05) is 29.5 Å². The van der Waals surface area contributed by atoms with Gasteiger partial charge in [-0.3, -0.25) is 4.40 Å². The zero-order chi connectivity index (χ0) is 15.0. The van der Waals surface area contributed by atoms with Crippen LogP contribution in [0.25, 0.3) is 4.96 Å². The fourth-order valence-corrected chi connectivity index (χ4v) is 4.19. The van der Waals surface area contributed by atoms with Gasteiger partial charge in [0.15, 0.2) is 4.96 Å². The highest BCUT2D eigenvalue weighted by atomic mass is 32.2. The summed E-state index contributed by atoms with van der Waals surface area (Å²) in [5, 5.41) is 3.14. The van der Waals surface area contributed by atoms with E-state index in [-0.39, 0.29) is 6.04 Å². The number of aryl methyl sites for hydroxylation is 2. The molecule has 3 nitrogen and oxygen atoms in total. The summed E-state index contributed by atoms with van der Waals surface area (Å²) in [5.74, 6) is 0. The van der Waals surface area contributed by atoms with Gasteiger partial charge in [-0.05, 0) is 32.4 Å². The van der Waals surface area contributed by atoms with Crippen LogP contribution in [0.5, 0.6) is 0 Å². The molecule has 2 N–H and O–H groups in total. The lowest BCUT2D eigenvalue weighted by molar-refractivity contribution is 0.706. The molecule has 0 bridgehead atoms. The van der Waals surface area contributed by atoms with Crippen molar-refractivity contribution >= 4 is 28.1 Å². The average molecular weight is 317 g/mol. The maximum atomic E-state index is 6.01. The second kappa shape index (κ2) is 5.83. The first-order valence-electron chi connectivity index (χ1n) is 6.99. The van der Waals surface area contributed by atoms with Crippen LogP contribution in [0.4, 0.5) is 0 Å². The highest BCUT2D eigenvalue weighted by Crippen LogP contribution is 2.34. The maximum absolute atomic E-state index is 6.01. The molecule has 0 amide bonds. The number of nitrogens with two attached hydrogens (primary N) is 1. The van der Waals surface area contributed by atoms with E-state index in [0.29, 0.717) is 0 Å². The molecule has 2 heterocycles. The molecule has 21 heavy (non-hydrogen) atoms. The monoisotopic (exact) mass is 317 g/mol. The van der Waals surface area contributed by atoms with Crippen LogP contribution in [0.3, 0.4) is 0 Å². The van der Waals surface area contributed by atoms with E-state index in [0.717, 1.165) is 16.4 Å². The lowest BCUT2D eigenvalue weighted by Gasteiger charge is -2.09. The number of hydrogen-bond acceptors (Lipinski definition) is 4. The van der Waals surface area contributed by atoms with Gasteiger partial charge in [-0.2, -0.15) is 0 Å². The zero-order valence-corrected chi connectivity index (χ0v) is 14.1. The molecular formula is C16H19N3S2. The number of benzene rings is 1. The highest BCUT2D eigenvalue weighted by molar-refractivity contribution is 7.99. The van der Waals surface area contributed by atoms with Crippen LogP contribution in [0.1, 0.15) is 23.7 Å². The van der Waals surface area contributed by atoms with Gasteiger partial charge in [0.05, 0.1) is 5.69 Å². The normalized spacial score (nSPS) is 13.0. The van der Waals surface area contributed by atoms with Crippen LogP contribution in [0, 0.1) is 13.8 Å². The predicted molar refractivity (Wildman–Crippen MR) is 90.5 cm³/mol. The molecule has 0 saturated heterocycles. The van der Waals surface area contributed by atoms with Crippen molar-refractivity contribution in [2.24, 2.45) is 5.73 Å². The van der Waals surface area contributed by atoms with Gasteiger partial charge in [0.2, 0.25) is 0 Å². The van der Waals surface area contributed by atoms with Crippen molar-refractivity contribution in [2.75, 3.05) is 0 Å². The van der Waals surface area contributed by atoms with E-state index in [4.69, 9.17) is 10.7 Å². The number of hydrogen-bond donors (Lipinski definition) is 1. The minimum Gasteiger partial charge on any atom is -0.328 e. The quantitative estimate of drug-likeness (QED) is 0.789. The second-order valence-corrected chi connectivity index (χ2v) is 7.38. The molecule has 2 aromatic heterocycles. The summed E-state index contributed by atoms with van der Waals surface area (Å²) in [6.45, 7) is 6.31. The Morgan fingerprint density at radius 2 is 2.19 bits per heavy atom. The van der Waals surface area contributed by atoms with Crippen molar-refractivity contribution < 1.29 is 0 Å². The standard InChI is InChI=1S/C16H19N3S2/c1-10-4-5-14(11(2)8-10)21-15-13(9-12(3)17)19-6-7-20-16(19)18-15/h4-8,12H,9,17H2,1-3H3. The lowest BCUT2D eigenvalue weighted by atomic mass is 10.2. The Balaban J connectivity index is 2.01. The summed E-state index contributed by atoms with van der Waals surface area (Å²) in [4.78, 5) is 7.07. The highest BCUT2D eigenvalue weighted by Gasteiger charge is 2.16. The van der Waals surface area contributed by atoms with Crippen LogP contribution >= 0.6 is 23.1 Å². The van der Waals surface area contributed by atoms with Crippen LogP contribution in [0.2, 0.25) is 0 Å². The number of aromatic nitrogens is 2. The van der Waals surface area contributed by atoms with E-state index in [1.54, 1.807) is 23.1 Å². The van der Waals surface area contributed by atoms with E-state index >= 15 is 0 Å². The van der Waals surface area contributed by atoms with Crippen LogP contribution in [-0.4, -0.2) is 15.4 Å². The van der Waals surface area contributed by atoms with Crippen molar-refractivity contribution in [3.63, 3.8) is 0 Å². The van der Waals surface area contributed by atoms with E-state index in [9.17, 15) is 0 Å². The molecule has 3 rings (SSSR count). The van der Waals surface area contributed by atoms with E-state index in [1.807, 2.05) is 6.92 Å². The van der Waals surface area contributed by atoms with Gasteiger partial charge in [0, 0.05) is 28.9 Å². The van der Waals surface area contributed by atoms with Gasteiger partial charge >= 0.3 is 0 Å². The fraction of sp³-hybridized carbons (Fsp3) is 0.312. The molecule has 0 spiro atoms. The molecule has 5 heteroatoms. The van der Waals surface area contributed by atoms with Gasteiger partial charge in [-0.25, -0.2) is 4.98 Å². The van der Waals surface area contributed by atoms with Crippen molar-refractivity contribution in [1.29, 1.82) is 0 Å². The smallest absolute Gasteiger partial charge is 0.194 e. The van der Waals surface area contributed by atoms with Crippen molar-refractivity contribution in [2.45, 2.75) is 43.2 Å². The van der Waals surface area contributed by atoms with Gasteiger partial charge in [0.25, 0.3) is 0 Å². The fourth-order valence-electron chi connectivity index (χ4n) is 2.40. The topological polar surface area (TPSA) is 43.3 Å². The Morgan fingerprint density at radius 1 is 1.38 bits per heavy atom. The summed E-state index contributed by atoms with van der Waals surface area (Å²) < 4.78 is 2.17. The van der Waals surface area contributed by atoms with E-state index in [2.05, 4.69) is 48.0 Å². The first kappa shape index (κ1) is 14.6. The number of fused-ring (bicyclic) bond motifs is 1. The van der Waals surface area contributed by atoms with Crippen molar-refractivity contribution in [1.82, 2.24) is 9.38 Å².